The zero-order chi connectivity index (χ0) is 13.5. The maximum atomic E-state index is 3.84. The molecule has 1 N–H and O–H groups in total. The summed E-state index contributed by atoms with van der Waals surface area (Å²) in [4.78, 5) is 2.67. The summed E-state index contributed by atoms with van der Waals surface area (Å²) in [6.07, 6.45) is 14.3. The molecule has 2 aliphatic rings. The Morgan fingerprint density at radius 2 is 1.63 bits per heavy atom. The summed E-state index contributed by atoms with van der Waals surface area (Å²) in [6, 6.07) is 1.61. The first-order valence-corrected chi connectivity index (χ1v) is 8.75. The topological polar surface area (TPSA) is 15.3 Å². The van der Waals surface area contributed by atoms with Gasteiger partial charge in [0.15, 0.2) is 0 Å². The van der Waals surface area contributed by atoms with E-state index in [1.54, 1.807) is 0 Å². The van der Waals surface area contributed by atoms with Gasteiger partial charge in [-0.3, -0.25) is 0 Å². The predicted molar refractivity (Wildman–Crippen MR) is 83.5 cm³/mol. The molecule has 1 unspecified atom stereocenters. The van der Waals surface area contributed by atoms with E-state index in [0.29, 0.717) is 0 Å². The molecule has 2 saturated carbocycles. The van der Waals surface area contributed by atoms with Gasteiger partial charge in [0, 0.05) is 18.6 Å². The van der Waals surface area contributed by atoms with Crippen molar-refractivity contribution >= 4 is 0 Å². The van der Waals surface area contributed by atoms with Crippen molar-refractivity contribution < 1.29 is 0 Å². The van der Waals surface area contributed by atoms with Crippen molar-refractivity contribution in [2.45, 2.75) is 83.2 Å². The summed E-state index contributed by atoms with van der Waals surface area (Å²) in [6.45, 7) is 4.75. The van der Waals surface area contributed by atoms with Crippen LogP contribution in [0.25, 0.3) is 0 Å². The third-order valence-electron chi connectivity index (χ3n) is 5.31. The van der Waals surface area contributed by atoms with E-state index >= 15 is 0 Å². The lowest BCUT2D eigenvalue weighted by Gasteiger charge is -2.36. The maximum Gasteiger partial charge on any atom is 0.0223 e. The standard InChI is InChI=1S/C17H34N2/c1-3-13-18-17(15-9-7-8-10-15)14-19(2)16-11-5-4-6-12-16/h15-18H,3-14H2,1-2H3. The number of nitrogens with one attached hydrogen (secondary N) is 1. The van der Waals surface area contributed by atoms with Crippen LogP contribution in [0.2, 0.25) is 0 Å². The molecule has 0 amide bonds. The van der Waals surface area contributed by atoms with Crippen molar-refractivity contribution in [3.8, 4) is 0 Å². The second kappa shape index (κ2) is 8.26. The second-order valence-corrected chi connectivity index (χ2v) is 6.84. The van der Waals surface area contributed by atoms with E-state index in [-0.39, 0.29) is 0 Å². The molecule has 0 radical (unpaired) electrons. The molecule has 1 atom stereocenters. The summed E-state index contributed by atoms with van der Waals surface area (Å²) < 4.78 is 0. The van der Waals surface area contributed by atoms with Crippen LogP contribution in [0.5, 0.6) is 0 Å². The normalized spacial score (nSPS) is 24.2. The fourth-order valence-electron chi connectivity index (χ4n) is 4.05. The quantitative estimate of drug-likeness (QED) is 0.754. The highest BCUT2D eigenvalue weighted by molar-refractivity contribution is 4.85. The van der Waals surface area contributed by atoms with E-state index in [0.717, 1.165) is 18.0 Å². The Labute approximate surface area is 120 Å². The van der Waals surface area contributed by atoms with E-state index in [2.05, 4.69) is 24.2 Å². The van der Waals surface area contributed by atoms with Crippen molar-refractivity contribution in [1.82, 2.24) is 10.2 Å². The molecule has 0 aromatic heterocycles. The zero-order valence-corrected chi connectivity index (χ0v) is 13.2. The van der Waals surface area contributed by atoms with E-state index in [1.807, 2.05) is 0 Å². The van der Waals surface area contributed by atoms with Crippen LogP contribution in [0.3, 0.4) is 0 Å². The predicted octanol–water partition coefficient (Wildman–Crippen LogP) is 3.81. The molecule has 0 aromatic rings. The Balaban J connectivity index is 1.82. The number of rotatable bonds is 7. The van der Waals surface area contributed by atoms with Gasteiger partial charge in [0.25, 0.3) is 0 Å². The molecule has 0 spiro atoms. The van der Waals surface area contributed by atoms with Crippen molar-refractivity contribution in [1.29, 1.82) is 0 Å². The molecule has 2 heteroatoms. The molecule has 2 aliphatic carbocycles. The van der Waals surface area contributed by atoms with Crippen LogP contribution in [-0.4, -0.2) is 37.1 Å². The van der Waals surface area contributed by atoms with Gasteiger partial charge in [-0.15, -0.1) is 0 Å². The van der Waals surface area contributed by atoms with Gasteiger partial charge in [0.05, 0.1) is 0 Å². The molecule has 0 aliphatic heterocycles. The highest BCUT2D eigenvalue weighted by Gasteiger charge is 2.27. The maximum absolute atomic E-state index is 3.84. The van der Waals surface area contributed by atoms with Crippen LogP contribution in [0.1, 0.15) is 71.1 Å². The number of hydrogen-bond acceptors (Lipinski definition) is 2. The van der Waals surface area contributed by atoms with Gasteiger partial charge in [0.2, 0.25) is 0 Å². The summed E-state index contributed by atoms with van der Waals surface area (Å²) in [5.74, 6) is 0.942. The number of nitrogens with zero attached hydrogens (tertiary/aromatic N) is 1. The largest absolute Gasteiger partial charge is 0.312 e. The molecule has 0 saturated heterocycles. The first kappa shape index (κ1) is 15.3. The second-order valence-electron chi connectivity index (χ2n) is 6.84. The minimum absolute atomic E-state index is 0.745. The molecule has 0 bridgehead atoms. The van der Waals surface area contributed by atoms with Crippen LogP contribution in [0.4, 0.5) is 0 Å². The first-order chi connectivity index (χ1) is 9.31. The Morgan fingerprint density at radius 1 is 1.00 bits per heavy atom. The van der Waals surface area contributed by atoms with Crippen LogP contribution >= 0.6 is 0 Å². The summed E-state index contributed by atoms with van der Waals surface area (Å²) in [5.41, 5.74) is 0. The molecule has 19 heavy (non-hydrogen) atoms. The lowest BCUT2D eigenvalue weighted by Crippen LogP contribution is -2.47. The Hall–Kier alpha value is -0.0800. The van der Waals surface area contributed by atoms with Crippen molar-refractivity contribution in [2.75, 3.05) is 20.1 Å². The van der Waals surface area contributed by atoms with Crippen molar-refractivity contribution in [3.05, 3.63) is 0 Å². The van der Waals surface area contributed by atoms with E-state index in [9.17, 15) is 0 Å². The number of hydrogen-bond donors (Lipinski definition) is 1. The van der Waals surface area contributed by atoms with E-state index in [1.165, 1.54) is 77.3 Å². The Kier molecular flexibility index (Phi) is 6.66. The summed E-state index contributed by atoms with van der Waals surface area (Å²) >= 11 is 0. The van der Waals surface area contributed by atoms with Crippen molar-refractivity contribution in [2.24, 2.45) is 5.92 Å². The highest BCUT2D eigenvalue weighted by Crippen LogP contribution is 2.29. The van der Waals surface area contributed by atoms with Gasteiger partial charge in [0.1, 0.15) is 0 Å². The average molecular weight is 266 g/mol. The third-order valence-corrected chi connectivity index (χ3v) is 5.31. The minimum atomic E-state index is 0.745. The summed E-state index contributed by atoms with van der Waals surface area (Å²) in [5, 5.41) is 3.84. The average Bonchev–Trinajstić information content (AvgIpc) is 2.98. The Bertz CT molecular complexity index is 229. The molecular weight excluding hydrogens is 232 g/mol. The molecule has 0 aromatic carbocycles. The molecular formula is C17H34N2. The van der Waals surface area contributed by atoms with Crippen LogP contribution in [0.15, 0.2) is 0 Å². The van der Waals surface area contributed by atoms with Crippen LogP contribution in [-0.2, 0) is 0 Å². The Morgan fingerprint density at radius 3 is 2.26 bits per heavy atom. The van der Waals surface area contributed by atoms with Gasteiger partial charge in [-0.25, -0.2) is 0 Å². The molecule has 112 valence electrons. The fraction of sp³-hybridized carbons (Fsp3) is 1.00. The minimum Gasteiger partial charge on any atom is -0.312 e. The molecule has 2 rings (SSSR count). The van der Waals surface area contributed by atoms with Crippen LogP contribution in [0, 0.1) is 5.92 Å². The fourth-order valence-corrected chi connectivity index (χ4v) is 4.05. The lowest BCUT2D eigenvalue weighted by molar-refractivity contribution is 0.156. The third kappa shape index (κ3) is 4.75. The van der Waals surface area contributed by atoms with Gasteiger partial charge in [-0.1, -0.05) is 39.0 Å². The van der Waals surface area contributed by atoms with E-state index in [4.69, 9.17) is 0 Å². The SMILES string of the molecule is CCCNC(CN(C)C1CCCCC1)C1CCCC1. The van der Waals surface area contributed by atoms with Crippen LogP contribution < -0.4 is 5.32 Å². The van der Waals surface area contributed by atoms with Crippen molar-refractivity contribution in [3.63, 3.8) is 0 Å². The first-order valence-electron chi connectivity index (χ1n) is 8.75. The molecule has 2 nitrogen and oxygen atoms in total. The zero-order valence-electron chi connectivity index (χ0n) is 13.2. The van der Waals surface area contributed by atoms with E-state index < -0.39 is 0 Å². The van der Waals surface area contributed by atoms with Gasteiger partial charge < -0.3 is 10.2 Å². The summed E-state index contributed by atoms with van der Waals surface area (Å²) in [7, 11) is 2.37. The lowest BCUT2D eigenvalue weighted by atomic mass is 9.92. The number of likely N-dealkylation sites (N-methyl/N-ethyl adjacent to an activating group) is 1. The van der Waals surface area contributed by atoms with Gasteiger partial charge in [-0.2, -0.15) is 0 Å². The van der Waals surface area contributed by atoms with Gasteiger partial charge >= 0.3 is 0 Å². The molecule has 2 fully saturated rings. The molecule has 0 heterocycles. The smallest absolute Gasteiger partial charge is 0.0223 e. The van der Waals surface area contributed by atoms with Gasteiger partial charge in [-0.05, 0) is 51.6 Å². The highest BCUT2D eigenvalue weighted by atomic mass is 15.2. The monoisotopic (exact) mass is 266 g/mol.